The third kappa shape index (κ3) is 4.34. The highest BCUT2D eigenvalue weighted by Crippen LogP contribution is 2.06. The number of alkyl carbamates (subject to hydrolysis) is 1. The molecule has 7 nitrogen and oxygen atoms in total. The van der Waals surface area contributed by atoms with Gasteiger partial charge in [0, 0.05) is 24.2 Å². The van der Waals surface area contributed by atoms with E-state index in [0.717, 1.165) is 0 Å². The van der Waals surface area contributed by atoms with Gasteiger partial charge < -0.3 is 10.1 Å². The van der Waals surface area contributed by atoms with E-state index in [4.69, 9.17) is 4.74 Å². The first-order valence-corrected chi connectivity index (χ1v) is 6.72. The Morgan fingerprint density at radius 1 is 1.23 bits per heavy atom. The van der Waals surface area contributed by atoms with Crippen LogP contribution in [0.1, 0.15) is 41.8 Å². The minimum absolute atomic E-state index is 0.0202. The van der Waals surface area contributed by atoms with Gasteiger partial charge >= 0.3 is 6.09 Å². The predicted octanol–water partition coefficient (Wildman–Crippen LogP) is 2.06. The topological polar surface area (TPSA) is 94.1 Å². The van der Waals surface area contributed by atoms with Gasteiger partial charge in [0.15, 0.2) is 5.78 Å². The summed E-state index contributed by atoms with van der Waals surface area (Å²) >= 11 is 0. The summed E-state index contributed by atoms with van der Waals surface area (Å²) in [5, 5.41) is 2.63. The molecule has 0 spiro atoms. The lowest BCUT2D eigenvalue weighted by molar-refractivity contribution is 0.101. The van der Waals surface area contributed by atoms with Gasteiger partial charge in [-0.05, 0) is 32.0 Å². The smallest absolute Gasteiger partial charge is 0.408 e. The summed E-state index contributed by atoms with van der Waals surface area (Å²) in [4.78, 5) is 35.0. The van der Waals surface area contributed by atoms with Crippen LogP contribution in [0.5, 0.6) is 0 Å². The molecule has 1 N–H and O–H groups in total. The number of carbonyl (C=O) groups is 2. The average molecular weight is 300 g/mol. The maximum atomic E-state index is 11.7. The summed E-state index contributed by atoms with van der Waals surface area (Å²) in [5.41, 5.74) is 1.08. The normalized spacial score (nSPS) is 11.5. The van der Waals surface area contributed by atoms with Crippen LogP contribution in [0, 0.1) is 0 Å². The van der Waals surface area contributed by atoms with Gasteiger partial charge in [0.2, 0.25) is 0 Å². The third-order valence-corrected chi connectivity index (χ3v) is 2.89. The van der Waals surface area contributed by atoms with Crippen LogP contribution in [0.3, 0.4) is 0 Å². The standard InChI is InChI=1S/C15H16N4O3/c1-10(14-16-6-3-7-17-14)19-15(21)22-9-13-5-4-12(8-18-13)11(2)20/h3-8,10H,9H2,1-2H3,(H,19,21). The van der Waals surface area contributed by atoms with E-state index < -0.39 is 6.09 Å². The van der Waals surface area contributed by atoms with Crippen molar-refractivity contribution >= 4 is 11.9 Å². The zero-order valence-corrected chi connectivity index (χ0v) is 12.3. The summed E-state index contributed by atoms with van der Waals surface area (Å²) < 4.78 is 5.07. The molecule has 22 heavy (non-hydrogen) atoms. The summed E-state index contributed by atoms with van der Waals surface area (Å²) in [6.45, 7) is 3.25. The third-order valence-electron chi connectivity index (χ3n) is 2.89. The molecule has 2 aromatic heterocycles. The van der Waals surface area contributed by atoms with Crippen LogP contribution in [0.4, 0.5) is 4.79 Å². The number of rotatable bonds is 5. The number of ketones is 1. The van der Waals surface area contributed by atoms with Gasteiger partial charge in [0.05, 0.1) is 11.7 Å². The van der Waals surface area contributed by atoms with Crippen molar-refractivity contribution in [1.29, 1.82) is 0 Å². The van der Waals surface area contributed by atoms with Crippen molar-refractivity contribution in [3.05, 3.63) is 53.9 Å². The lowest BCUT2D eigenvalue weighted by atomic mass is 10.2. The highest BCUT2D eigenvalue weighted by Gasteiger charge is 2.12. The number of carbonyl (C=O) groups excluding carboxylic acids is 2. The quantitative estimate of drug-likeness (QED) is 0.849. The molecule has 1 amide bonds. The predicted molar refractivity (Wildman–Crippen MR) is 78.0 cm³/mol. The second kappa shape index (κ2) is 7.26. The molecule has 0 saturated carbocycles. The molecular weight excluding hydrogens is 284 g/mol. The number of hydrogen-bond donors (Lipinski definition) is 1. The number of ether oxygens (including phenoxy) is 1. The van der Waals surface area contributed by atoms with E-state index in [1.54, 1.807) is 37.5 Å². The molecule has 0 aromatic carbocycles. The average Bonchev–Trinajstić information content (AvgIpc) is 2.54. The van der Waals surface area contributed by atoms with E-state index in [1.807, 2.05) is 0 Å². The molecule has 2 aromatic rings. The molecule has 114 valence electrons. The number of pyridine rings is 1. The summed E-state index contributed by atoms with van der Waals surface area (Å²) in [7, 11) is 0. The summed E-state index contributed by atoms with van der Waals surface area (Å²) in [5.74, 6) is 0.442. The molecule has 0 saturated heterocycles. The fraction of sp³-hybridized carbons (Fsp3) is 0.267. The largest absolute Gasteiger partial charge is 0.443 e. The Hall–Kier alpha value is -2.83. The number of aromatic nitrogens is 3. The fourth-order valence-electron chi connectivity index (χ4n) is 1.67. The van der Waals surface area contributed by atoms with Crippen LogP contribution in [0.25, 0.3) is 0 Å². The Bertz CT molecular complexity index is 644. The Balaban J connectivity index is 1.83. The highest BCUT2D eigenvalue weighted by atomic mass is 16.5. The van der Waals surface area contributed by atoms with E-state index in [2.05, 4.69) is 20.3 Å². The van der Waals surface area contributed by atoms with Gasteiger partial charge in [-0.3, -0.25) is 9.78 Å². The maximum absolute atomic E-state index is 11.7. The van der Waals surface area contributed by atoms with Crippen molar-refractivity contribution in [2.75, 3.05) is 0 Å². The van der Waals surface area contributed by atoms with Crippen molar-refractivity contribution in [3.63, 3.8) is 0 Å². The zero-order valence-electron chi connectivity index (χ0n) is 12.3. The molecule has 0 radical (unpaired) electrons. The summed E-state index contributed by atoms with van der Waals surface area (Å²) in [6.07, 6.45) is 4.08. The Kier molecular flexibility index (Phi) is 5.13. The molecule has 0 bridgehead atoms. The Morgan fingerprint density at radius 3 is 2.55 bits per heavy atom. The van der Waals surface area contributed by atoms with Crippen LogP contribution in [-0.4, -0.2) is 26.8 Å². The first-order valence-electron chi connectivity index (χ1n) is 6.72. The molecule has 1 atom stereocenters. The minimum Gasteiger partial charge on any atom is -0.443 e. The number of amides is 1. The van der Waals surface area contributed by atoms with E-state index in [1.165, 1.54) is 13.1 Å². The molecule has 0 aliphatic heterocycles. The Labute approximate surface area is 127 Å². The second-order valence-electron chi connectivity index (χ2n) is 4.64. The maximum Gasteiger partial charge on any atom is 0.408 e. The number of hydrogen-bond acceptors (Lipinski definition) is 6. The van der Waals surface area contributed by atoms with Gasteiger partial charge in [-0.2, -0.15) is 0 Å². The summed E-state index contributed by atoms with van der Waals surface area (Å²) in [6, 6.07) is 4.63. The van der Waals surface area contributed by atoms with Crippen molar-refractivity contribution in [2.24, 2.45) is 0 Å². The Morgan fingerprint density at radius 2 is 1.95 bits per heavy atom. The number of Topliss-reactive ketones (excluding diaryl/α,β-unsaturated/α-hetero) is 1. The minimum atomic E-state index is -0.586. The lowest BCUT2D eigenvalue weighted by Crippen LogP contribution is -2.28. The van der Waals surface area contributed by atoms with E-state index in [9.17, 15) is 9.59 Å². The first-order chi connectivity index (χ1) is 10.6. The molecule has 0 aliphatic carbocycles. The van der Waals surface area contributed by atoms with Crippen LogP contribution >= 0.6 is 0 Å². The zero-order chi connectivity index (χ0) is 15.9. The van der Waals surface area contributed by atoms with Crippen molar-refractivity contribution in [3.8, 4) is 0 Å². The number of nitrogens with one attached hydrogen (secondary N) is 1. The van der Waals surface area contributed by atoms with Gasteiger partial charge in [0.25, 0.3) is 0 Å². The number of nitrogens with zero attached hydrogens (tertiary/aromatic N) is 3. The molecule has 0 fully saturated rings. The van der Waals surface area contributed by atoms with E-state index in [0.29, 0.717) is 17.1 Å². The van der Waals surface area contributed by atoms with Crippen LogP contribution in [0.2, 0.25) is 0 Å². The van der Waals surface area contributed by atoms with Crippen molar-refractivity contribution in [2.45, 2.75) is 26.5 Å². The van der Waals surface area contributed by atoms with Crippen molar-refractivity contribution in [1.82, 2.24) is 20.3 Å². The van der Waals surface area contributed by atoms with E-state index >= 15 is 0 Å². The van der Waals surface area contributed by atoms with Gasteiger partial charge in [-0.15, -0.1) is 0 Å². The van der Waals surface area contributed by atoms with Crippen LogP contribution in [0.15, 0.2) is 36.8 Å². The van der Waals surface area contributed by atoms with Gasteiger partial charge in [0.1, 0.15) is 12.4 Å². The highest BCUT2D eigenvalue weighted by molar-refractivity contribution is 5.93. The molecule has 1 unspecified atom stereocenters. The van der Waals surface area contributed by atoms with Gasteiger partial charge in [-0.1, -0.05) is 0 Å². The van der Waals surface area contributed by atoms with E-state index in [-0.39, 0.29) is 18.4 Å². The monoisotopic (exact) mass is 300 g/mol. The fourth-order valence-corrected chi connectivity index (χ4v) is 1.67. The first kappa shape index (κ1) is 15.6. The second-order valence-corrected chi connectivity index (χ2v) is 4.64. The molecule has 2 rings (SSSR count). The molecular formula is C15H16N4O3. The lowest BCUT2D eigenvalue weighted by Gasteiger charge is -2.12. The van der Waals surface area contributed by atoms with Crippen LogP contribution in [-0.2, 0) is 11.3 Å². The SMILES string of the molecule is CC(=O)c1ccc(COC(=O)NC(C)c2ncccn2)nc1. The molecule has 0 aliphatic rings. The van der Waals surface area contributed by atoms with Gasteiger partial charge in [-0.25, -0.2) is 14.8 Å². The van der Waals surface area contributed by atoms with Crippen molar-refractivity contribution < 1.29 is 14.3 Å². The van der Waals surface area contributed by atoms with Crippen LogP contribution < -0.4 is 5.32 Å². The molecule has 7 heteroatoms. The molecule has 2 heterocycles.